The van der Waals surface area contributed by atoms with E-state index in [1.807, 2.05) is 27.7 Å². The highest BCUT2D eigenvalue weighted by molar-refractivity contribution is 7.89. The number of sulfonamides is 1. The molecule has 0 aliphatic rings. The van der Waals surface area contributed by atoms with Crippen LogP contribution in [0.4, 0.5) is 4.39 Å². The molecule has 0 radical (unpaired) electrons. The van der Waals surface area contributed by atoms with Crippen LogP contribution in [0.25, 0.3) is 0 Å². The second kappa shape index (κ2) is 10.1. The van der Waals surface area contributed by atoms with Crippen LogP contribution in [-0.2, 0) is 10.0 Å². The van der Waals surface area contributed by atoms with Gasteiger partial charge in [-0.2, -0.15) is 4.31 Å². The van der Waals surface area contributed by atoms with Crippen molar-refractivity contribution in [2.45, 2.75) is 32.6 Å². The zero-order chi connectivity index (χ0) is 19.9. The first-order valence-electron chi connectivity index (χ1n) is 8.85. The van der Waals surface area contributed by atoms with E-state index < -0.39 is 20.7 Å². The number of nitrogens with zero attached hydrogens (tertiary/aromatic N) is 2. The Morgan fingerprint density at radius 2 is 1.58 bits per heavy atom. The molecular formula is C18H31FN2O4S. The van der Waals surface area contributed by atoms with E-state index in [1.165, 1.54) is 24.6 Å². The summed E-state index contributed by atoms with van der Waals surface area (Å²) in [6, 6.07) is 2.23. The van der Waals surface area contributed by atoms with Crippen molar-refractivity contribution in [2.24, 2.45) is 5.92 Å². The molecule has 0 atom stereocenters. The van der Waals surface area contributed by atoms with E-state index in [0.717, 1.165) is 19.2 Å². The highest BCUT2D eigenvalue weighted by atomic mass is 32.2. The van der Waals surface area contributed by atoms with Crippen molar-refractivity contribution in [3.8, 4) is 11.5 Å². The van der Waals surface area contributed by atoms with Gasteiger partial charge in [0.15, 0.2) is 11.5 Å². The minimum absolute atomic E-state index is 0.115. The van der Waals surface area contributed by atoms with Crippen LogP contribution in [0.3, 0.4) is 0 Å². The second-order valence-corrected chi connectivity index (χ2v) is 8.33. The summed E-state index contributed by atoms with van der Waals surface area (Å²) >= 11 is 0. The number of rotatable bonds is 11. The molecule has 0 bridgehead atoms. The van der Waals surface area contributed by atoms with Gasteiger partial charge in [0.2, 0.25) is 10.0 Å². The van der Waals surface area contributed by atoms with E-state index >= 15 is 0 Å². The molecule has 1 rings (SSSR count). The molecule has 1 aromatic carbocycles. The van der Waals surface area contributed by atoms with Crippen molar-refractivity contribution in [1.29, 1.82) is 0 Å². The average Bonchev–Trinajstić information content (AvgIpc) is 2.60. The third-order valence-corrected chi connectivity index (χ3v) is 6.06. The average molecular weight is 391 g/mol. The third-order valence-electron chi connectivity index (χ3n) is 4.18. The van der Waals surface area contributed by atoms with E-state index in [1.54, 1.807) is 0 Å². The lowest BCUT2D eigenvalue weighted by atomic mass is 10.2. The lowest BCUT2D eigenvalue weighted by molar-refractivity contribution is 0.261. The maximum Gasteiger partial charge on any atom is 0.246 e. The van der Waals surface area contributed by atoms with E-state index in [9.17, 15) is 12.8 Å². The summed E-state index contributed by atoms with van der Waals surface area (Å²) in [5.74, 6) is -0.396. The normalized spacial score (nSPS) is 12.2. The molecular weight excluding hydrogens is 359 g/mol. The Morgan fingerprint density at radius 1 is 1.04 bits per heavy atom. The molecule has 0 amide bonds. The fraction of sp³-hybridized carbons (Fsp3) is 0.667. The molecule has 0 saturated heterocycles. The lowest BCUT2D eigenvalue weighted by Crippen LogP contribution is -2.40. The van der Waals surface area contributed by atoms with Crippen molar-refractivity contribution in [1.82, 2.24) is 9.21 Å². The van der Waals surface area contributed by atoms with Gasteiger partial charge in [0, 0.05) is 31.8 Å². The molecule has 0 fully saturated rings. The van der Waals surface area contributed by atoms with Gasteiger partial charge < -0.3 is 14.4 Å². The van der Waals surface area contributed by atoms with Gasteiger partial charge in [-0.05, 0) is 19.0 Å². The van der Waals surface area contributed by atoms with Crippen LogP contribution < -0.4 is 9.47 Å². The monoisotopic (exact) mass is 390 g/mol. The van der Waals surface area contributed by atoms with E-state index in [2.05, 4.69) is 4.90 Å². The molecule has 0 aromatic heterocycles. The maximum atomic E-state index is 14.5. The number of halogens is 1. The largest absolute Gasteiger partial charge is 0.493 e. The smallest absolute Gasteiger partial charge is 0.246 e. The molecule has 0 aliphatic carbocycles. The summed E-state index contributed by atoms with van der Waals surface area (Å²) in [5, 5.41) is 0. The molecule has 150 valence electrons. The van der Waals surface area contributed by atoms with E-state index in [0.29, 0.717) is 19.6 Å². The number of hydrogen-bond acceptors (Lipinski definition) is 5. The Bertz CT molecular complexity index is 676. The lowest BCUT2D eigenvalue weighted by Gasteiger charge is -2.27. The van der Waals surface area contributed by atoms with Crippen molar-refractivity contribution >= 4 is 10.0 Å². The Kier molecular flexibility index (Phi) is 8.79. The molecule has 0 spiro atoms. The molecule has 0 saturated carbocycles. The SMILES string of the molecule is CCN(CC)CCN(CC(C)C)S(=O)(=O)c1cc(OC)c(OC)cc1F. The van der Waals surface area contributed by atoms with Gasteiger partial charge in [0.25, 0.3) is 0 Å². The predicted octanol–water partition coefficient (Wildman–Crippen LogP) is 2.83. The Morgan fingerprint density at radius 3 is 2.04 bits per heavy atom. The summed E-state index contributed by atoms with van der Waals surface area (Å²) in [7, 11) is -1.24. The van der Waals surface area contributed by atoms with Crippen LogP contribution in [0.2, 0.25) is 0 Å². The highest BCUT2D eigenvalue weighted by Gasteiger charge is 2.30. The molecule has 0 aliphatic heterocycles. The summed E-state index contributed by atoms with van der Waals surface area (Å²) in [4.78, 5) is 1.74. The second-order valence-electron chi connectivity index (χ2n) is 6.42. The zero-order valence-electron chi connectivity index (χ0n) is 16.6. The summed E-state index contributed by atoms with van der Waals surface area (Å²) in [6.07, 6.45) is 0. The van der Waals surface area contributed by atoms with Gasteiger partial charge in [-0.25, -0.2) is 12.8 Å². The fourth-order valence-electron chi connectivity index (χ4n) is 2.68. The van der Waals surface area contributed by atoms with Crippen LogP contribution in [0.5, 0.6) is 11.5 Å². The van der Waals surface area contributed by atoms with Crippen LogP contribution >= 0.6 is 0 Å². The molecule has 6 nitrogen and oxygen atoms in total. The molecule has 0 heterocycles. The number of benzene rings is 1. The van der Waals surface area contributed by atoms with Gasteiger partial charge in [-0.1, -0.05) is 27.7 Å². The molecule has 0 N–H and O–H groups in total. The highest BCUT2D eigenvalue weighted by Crippen LogP contribution is 2.33. The van der Waals surface area contributed by atoms with Crippen LogP contribution in [-0.4, -0.2) is 64.6 Å². The first kappa shape index (κ1) is 22.7. The van der Waals surface area contributed by atoms with Crippen molar-refractivity contribution in [2.75, 3.05) is 46.9 Å². The Balaban J connectivity index is 3.27. The minimum atomic E-state index is -4.00. The molecule has 1 aromatic rings. The standard InChI is InChI=1S/C18H31FN2O4S/c1-7-20(8-2)9-10-21(13-14(3)4)26(22,23)18-12-17(25-6)16(24-5)11-15(18)19/h11-12,14H,7-10,13H2,1-6H3. The number of ether oxygens (including phenoxy) is 2. The maximum absolute atomic E-state index is 14.5. The Labute approximate surface area is 156 Å². The van der Waals surface area contributed by atoms with Crippen LogP contribution in [0.1, 0.15) is 27.7 Å². The number of methoxy groups -OCH3 is 2. The van der Waals surface area contributed by atoms with Gasteiger partial charge in [-0.3, -0.25) is 0 Å². The van der Waals surface area contributed by atoms with Gasteiger partial charge in [0.05, 0.1) is 14.2 Å². The number of likely N-dealkylation sites (N-methyl/N-ethyl adjacent to an activating group) is 1. The van der Waals surface area contributed by atoms with Gasteiger partial charge >= 0.3 is 0 Å². The van der Waals surface area contributed by atoms with Gasteiger partial charge in [-0.15, -0.1) is 0 Å². The van der Waals surface area contributed by atoms with Crippen molar-refractivity contribution in [3.05, 3.63) is 17.9 Å². The molecule has 26 heavy (non-hydrogen) atoms. The third kappa shape index (κ3) is 5.56. The quantitative estimate of drug-likeness (QED) is 0.581. The summed E-state index contributed by atoms with van der Waals surface area (Å²) in [6.45, 7) is 10.8. The predicted molar refractivity (Wildman–Crippen MR) is 101 cm³/mol. The van der Waals surface area contributed by atoms with Crippen molar-refractivity contribution < 1.29 is 22.3 Å². The van der Waals surface area contributed by atoms with E-state index in [-0.39, 0.29) is 17.4 Å². The minimum Gasteiger partial charge on any atom is -0.493 e. The Hall–Kier alpha value is -1.38. The first-order valence-corrected chi connectivity index (χ1v) is 10.3. The van der Waals surface area contributed by atoms with Crippen LogP contribution in [0, 0.1) is 11.7 Å². The fourth-order valence-corrected chi connectivity index (χ4v) is 4.34. The zero-order valence-corrected chi connectivity index (χ0v) is 17.4. The summed E-state index contributed by atoms with van der Waals surface area (Å²) < 4.78 is 52.3. The summed E-state index contributed by atoms with van der Waals surface area (Å²) in [5.41, 5.74) is 0. The molecule has 8 heteroatoms. The van der Waals surface area contributed by atoms with E-state index in [4.69, 9.17) is 9.47 Å². The van der Waals surface area contributed by atoms with Crippen LogP contribution in [0.15, 0.2) is 17.0 Å². The first-order chi connectivity index (χ1) is 12.2. The topological polar surface area (TPSA) is 59.1 Å². The van der Waals surface area contributed by atoms with Gasteiger partial charge in [0.1, 0.15) is 10.7 Å². The number of hydrogen-bond donors (Lipinski definition) is 0. The molecule has 0 unspecified atom stereocenters. The van der Waals surface area contributed by atoms with Crippen molar-refractivity contribution in [3.63, 3.8) is 0 Å².